The van der Waals surface area contributed by atoms with E-state index >= 15 is 0 Å². The molecule has 0 amide bonds. The van der Waals surface area contributed by atoms with Gasteiger partial charge in [0, 0.05) is 10.6 Å². The lowest BCUT2D eigenvalue weighted by atomic mass is 10.0. The predicted octanol–water partition coefficient (Wildman–Crippen LogP) is 4.99. The summed E-state index contributed by atoms with van der Waals surface area (Å²) >= 11 is 1.90. The molecule has 104 valence electrons. The van der Waals surface area contributed by atoms with Crippen LogP contribution in [0.5, 0.6) is 0 Å². The third-order valence-electron chi connectivity index (χ3n) is 3.67. The molecule has 1 unspecified atom stereocenters. The molecule has 0 radical (unpaired) electrons. The van der Waals surface area contributed by atoms with Gasteiger partial charge in [-0.05, 0) is 52.7 Å². The van der Waals surface area contributed by atoms with Crippen molar-refractivity contribution in [3.8, 4) is 0 Å². The lowest BCUT2D eigenvalue weighted by molar-refractivity contribution is 0.320. The Balaban J connectivity index is 1.68. The molecule has 2 heteroatoms. The van der Waals surface area contributed by atoms with Gasteiger partial charge in [0.05, 0.1) is 11.7 Å². The number of allylic oxidation sites excluding steroid dienone is 1. The van der Waals surface area contributed by atoms with Gasteiger partial charge in [-0.3, -0.25) is 0 Å². The Hall–Kier alpha value is -0.730. The molecule has 1 aliphatic heterocycles. The van der Waals surface area contributed by atoms with E-state index in [4.69, 9.17) is 4.74 Å². The number of hydrogen-bond acceptors (Lipinski definition) is 2. The van der Waals surface area contributed by atoms with E-state index in [2.05, 4.69) is 58.0 Å². The normalized spacial score (nSPS) is 21.5. The van der Waals surface area contributed by atoms with Crippen LogP contribution in [0.2, 0.25) is 0 Å². The molecule has 1 atom stereocenters. The van der Waals surface area contributed by atoms with Gasteiger partial charge in [0.1, 0.15) is 0 Å². The topological polar surface area (TPSA) is 12.5 Å². The molecule has 1 aromatic rings. The number of thioether (sulfide) groups is 1. The van der Waals surface area contributed by atoms with Crippen molar-refractivity contribution in [2.75, 3.05) is 5.75 Å². The molecule has 0 aliphatic carbocycles. The monoisotopic (exact) mass is 276 g/mol. The molecule has 1 saturated heterocycles. The predicted molar refractivity (Wildman–Crippen MR) is 83.8 cm³/mol. The van der Waals surface area contributed by atoms with Crippen LogP contribution in [-0.4, -0.2) is 17.5 Å². The fourth-order valence-electron chi connectivity index (χ4n) is 2.11. The molecular formula is C17H24OS. The van der Waals surface area contributed by atoms with E-state index < -0.39 is 0 Å². The summed E-state index contributed by atoms with van der Waals surface area (Å²) < 4.78 is 5.61. The summed E-state index contributed by atoms with van der Waals surface area (Å²) in [5.41, 5.74) is 2.94. The Morgan fingerprint density at radius 3 is 2.53 bits per heavy atom. The van der Waals surface area contributed by atoms with E-state index in [0.717, 1.165) is 18.6 Å². The number of hydrogen-bond donors (Lipinski definition) is 0. The van der Waals surface area contributed by atoms with E-state index in [0.29, 0.717) is 6.10 Å². The van der Waals surface area contributed by atoms with Gasteiger partial charge in [-0.2, -0.15) is 0 Å². The summed E-state index contributed by atoms with van der Waals surface area (Å²) in [6, 6.07) is 8.74. The smallest absolute Gasteiger partial charge is 0.0892 e. The Kier molecular flexibility index (Phi) is 4.75. The number of rotatable bonds is 6. The zero-order valence-corrected chi connectivity index (χ0v) is 13.2. The highest BCUT2D eigenvalue weighted by atomic mass is 32.2. The van der Waals surface area contributed by atoms with Crippen LogP contribution in [-0.2, 0) is 4.74 Å². The standard InChI is InChI=1S/C17H24OS/c1-13-5-8-15(9-6-13)19-12-11-14(2)7-10-16-17(3,4)18-16/h5-6,8-9,11,16H,7,10,12H2,1-4H3. The van der Waals surface area contributed by atoms with E-state index in [9.17, 15) is 0 Å². The van der Waals surface area contributed by atoms with Crippen LogP contribution >= 0.6 is 11.8 Å². The van der Waals surface area contributed by atoms with Crippen LogP contribution < -0.4 is 0 Å². The summed E-state index contributed by atoms with van der Waals surface area (Å²) in [6.07, 6.45) is 5.13. The minimum absolute atomic E-state index is 0.136. The Morgan fingerprint density at radius 2 is 1.95 bits per heavy atom. The second kappa shape index (κ2) is 6.15. The van der Waals surface area contributed by atoms with Crippen LogP contribution in [0.4, 0.5) is 0 Å². The molecule has 2 rings (SSSR count). The van der Waals surface area contributed by atoms with Crippen molar-refractivity contribution in [1.82, 2.24) is 0 Å². The van der Waals surface area contributed by atoms with Gasteiger partial charge in [-0.25, -0.2) is 0 Å². The summed E-state index contributed by atoms with van der Waals surface area (Å²) in [7, 11) is 0. The van der Waals surface area contributed by atoms with Gasteiger partial charge in [0.25, 0.3) is 0 Å². The summed E-state index contributed by atoms with van der Waals surface area (Å²) in [6.45, 7) is 8.69. The first-order chi connectivity index (χ1) is 8.97. The highest BCUT2D eigenvalue weighted by Gasteiger charge is 2.46. The first kappa shape index (κ1) is 14.7. The zero-order valence-electron chi connectivity index (χ0n) is 12.4. The first-order valence-corrected chi connectivity index (χ1v) is 7.99. The quantitative estimate of drug-likeness (QED) is 0.412. The summed E-state index contributed by atoms with van der Waals surface area (Å²) in [5.74, 6) is 1.06. The van der Waals surface area contributed by atoms with Gasteiger partial charge in [0.15, 0.2) is 0 Å². The lowest BCUT2D eigenvalue weighted by Crippen LogP contribution is -2.02. The van der Waals surface area contributed by atoms with Crippen LogP contribution in [0.25, 0.3) is 0 Å². The van der Waals surface area contributed by atoms with E-state index in [1.807, 2.05) is 11.8 Å². The van der Waals surface area contributed by atoms with Gasteiger partial charge in [-0.1, -0.05) is 29.3 Å². The molecule has 0 spiro atoms. The van der Waals surface area contributed by atoms with Crippen molar-refractivity contribution in [2.24, 2.45) is 0 Å². The van der Waals surface area contributed by atoms with Crippen LogP contribution in [0.3, 0.4) is 0 Å². The maximum Gasteiger partial charge on any atom is 0.0892 e. The molecule has 1 aromatic carbocycles. The van der Waals surface area contributed by atoms with E-state index in [1.54, 1.807) is 0 Å². The van der Waals surface area contributed by atoms with Crippen LogP contribution in [0.15, 0.2) is 40.8 Å². The second-order valence-electron chi connectivity index (χ2n) is 5.92. The van der Waals surface area contributed by atoms with Crippen LogP contribution in [0, 0.1) is 6.92 Å². The molecule has 1 fully saturated rings. The van der Waals surface area contributed by atoms with Gasteiger partial charge in [-0.15, -0.1) is 11.8 Å². The Bertz CT molecular complexity index is 445. The highest BCUT2D eigenvalue weighted by Crippen LogP contribution is 2.38. The minimum Gasteiger partial charge on any atom is -0.367 e. The Morgan fingerprint density at radius 1 is 1.32 bits per heavy atom. The summed E-state index contributed by atoms with van der Waals surface area (Å²) in [5, 5.41) is 0. The molecule has 1 aliphatic rings. The third-order valence-corrected chi connectivity index (χ3v) is 4.61. The first-order valence-electron chi connectivity index (χ1n) is 7.00. The number of ether oxygens (including phenoxy) is 1. The number of aryl methyl sites for hydroxylation is 1. The Labute approximate surface area is 121 Å². The van der Waals surface area contributed by atoms with Crippen LogP contribution in [0.1, 0.15) is 39.2 Å². The number of epoxide rings is 1. The molecule has 0 bridgehead atoms. The molecule has 0 saturated carbocycles. The largest absolute Gasteiger partial charge is 0.367 e. The number of benzene rings is 1. The maximum atomic E-state index is 5.61. The van der Waals surface area contributed by atoms with E-state index in [1.165, 1.54) is 16.0 Å². The minimum atomic E-state index is 0.136. The molecule has 1 heterocycles. The molecule has 0 N–H and O–H groups in total. The molecule has 1 nitrogen and oxygen atoms in total. The molecule has 19 heavy (non-hydrogen) atoms. The molecular weight excluding hydrogens is 252 g/mol. The van der Waals surface area contributed by atoms with Gasteiger partial charge in [0.2, 0.25) is 0 Å². The van der Waals surface area contributed by atoms with Crippen molar-refractivity contribution in [3.05, 3.63) is 41.5 Å². The van der Waals surface area contributed by atoms with Crippen molar-refractivity contribution in [1.29, 1.82) is 0 Å². The van der Waals surface area contributed by atoms with Crippen molar-refractivity contribution < 1.29 is 4.74 Å². The third kappa shape index (κ3) is 4.70. The van der Waals surface area contributed by atoms with Gasteiger partial charge < -0.3 is 4.74 Å². The zero-order chi connectivity index (χ0) is 13.9. The molecule has 0 aromatic heterocycles. The average Bonchev–Trinajstić information content (AvgIpc) is 2.97. The maximum absolute atomic E-state index is 5.61. The fraction of sp³-hybridized carbons (Fsp3) is 0.529. The summed E-state index contributed by atoms with van der Waals surface area (Å²) in [4.78, 5) is 1.35. The average molecular weight is 276 g/mol. The van der Waals surface area contributed by atoms with Gasteiger partial charge >= 0.3 is 0 Å². The van der Waals surface area contributed by atoms with Crippen molar-refractivity contribution in [3.63, 3.8) is 0 Å². The highest BCUT2D eigenvalue weighted by molar-refractivity contribution is 7.99. The fourth-order valence-corrected chi connectivity index (χ4v) is 3.00. The van der Waals surface area contributed by atoms with Crippen molar-refractivity contribution in [2.45, 2.75) is 57.1 Å². The second-order valence-corrected chi connectivity index (χ2v) is 7.02. The lowest BCUT2D eigenvalue weighted by Gasteiger charge is -2.02. The van der Waals surface area contributed by atoms with E-state index in [-0.39, 0.29) is 5.60 Å². The van der Waals surface area contributed by atoms with Crippen molar-refractivity contribution >= 4 is 11.8 Å². The SMILES string of the molecule is CC(=CCSc1ccc(C)cc1)CCC1OC1(C)C.